The maximum Gasteiger partial charge on any atom is 0.397 e. The lowest BCUT2D eigenvalue weighted by Gasteiger charge is -2.62. The number of hydrogen-bond acceptors (Lipinski definition) is 7. The van der Waals surface area contributed by atoms with Gasteiger partial charge in [-0.2, -0.15) is 16.8 Å². The van der Waals surface area contributed by atoms with Gasteiger partial charge in [-0.15, -0.1) is 0 Å². The van der Waals surface area contributed by atoms with Gasteiger partial charge in [-0.25, -0.2) is 8.37 Å². The molecule has 4 fully saturated rings. The molecule has 0 bridgehead atoms. The maximum atomic E-state index is 12.0. The highest BCUT2D eigenvalue weighted by Crippen LogP contribution is 2.68. The number of allylic oxidation sites excluding steroid dienone is 1. The lowest BCUT2D eigenvalue weighted by Crippen LogP contribution is -2.59. The first kappa shape index (κ1) is 31.4. The highest BCUT2D eigenvalue weighted by atomic mass is 32.3. The van der Waals surface area contributed by atoms with Crippen molar-refractivity contribution in [2.75, 3.05) is 6.61 Å². The Labute approximate surface area is 235 Å². The van der Waals surface area contributed by atoms with Crippen LogP contribution in [0.1, 0.15) is 91.9 Å². The van der Waals surface area contributed by atoms with Gasteiger partial charge in [0.15, 0.2) is 0 Å². The maximum absolute atomic E-state index is 12.0. The van der Waals surface area contributed by atoms with E-state index in [0.717, 1.165) is 51.4 Å². The van der Waals surface area contributed by atoms with Gasteiger partial charge in [-0.1, -0.05) is 46.3 Å². The molecule has 4 rings (SSSR count). The number of rotatable bonds is 10. The van der Waals surface area contributed by atoms with Crippen molar-refractivity contribution in [3.63, 3.8) is 0 Å². The van der Waals surface area contributed by atoms with Crippen molar-refractivity contribution in [2.45, 2.75) is 104 Å². The summed E-state index contributed by atoms with van der Waals surface area (Å²) in [5.41, 5.74) is 0.00262. The van der Waals surface area contributed by atoms with Crippen LogP contribution in [0.5, 0.6) is 0 Å². The van der Waals surface area contributed by atoms with Crippen molar-refractivity contribution in [1.82, 2.24) is 0 Å². The van der Waals surface area contributed by atoms with Crippen molar-refractivity contribution >= 4 is 20.8 Å². The molecule has 0 heterocycles. The van der Waals surface area contributed by atoms with Crippen LogP contribution in [0.25, 0.3) is 0 Å². The van der Waals surface area contributed by atoms with Crippen LogP contribution in [0.2, 0.25) is 0 Å². The summed E-state index contributed by atoms with van der Waals surface area (Å²) in [6.45, 7) is 8.79. The fourth-order valence-electron chi connectivity index (χ4n) is 9.58. The van der Waals surface area contributed by atoms with E-state index < -0.39 is 26.9 Å². The number of hydrogen-bond donors (Lipinski definition) is 3. The third-order valence-corrected chi connectivity index (χ3v) is 12.3. The number of aliphatic hydroxyl groups is 1. The molecule has 0 aliphatic heterocycles. The first-order valence-electron chi connectivity index (χ1n) is 14.7. The second kappa shape index (κ2) is 11.6. The van der Waals surface area contributed by atoms with E-state index in [1.807, 2.05) is 13.0 Å². The third kappa shape index (κ3) is 6.75. The van der Waals surface area contributed by atoms with Crippen LogP contribution < -0.4 is 0 Å². The van der Waals surface area contributed by atoms with Crippen LogP contribution in [-0.2, 0) is 29.2 Å². The minimum atomic E-state index is -4.61. The van der Waals surface area contributed by atoms with Gasteiger partial charge in [0, 0.05) is 5.92 Å². The average molecular weight is 593 g/mol. The van der Waals surface area contributed by atoms with Crippen molar-refractivity contribution in [3.8, 4) is 0 Å². The zero-order valence-corrected chi connectivity index (χ0v) is 25.4. The highest BCUT2D eigenvalue weighted by Gasteiger charge is 2.63. The molecule has 4 unspecified atom stereocenters. The van der Waals surface area contributed by atoms with Crippen molar-refractivity contribution in [2.24, 2.45) is 52.3 Å². The van der Waals surface area contributed by atoms with Crippen molar-refractivity contribution in [1.29, 1.82) is 0 Å². The second-order valence-corrected chi connectivity index (χ2v) is 15.6. The van der Waals surface area contributed by atoms with E-state index in [1.54, 1.807) is 0 Å². The van der Waals surface area contributed by atoms with Gasteiger partial charge in [0.05, 0.1) is 18.8 Å². The van der Waals surface area contributed by atoms with Crippen LogP contribution >= 0.6 is 0 Å². The van der Waals surface area contributed by atoms with Gasteiger partial charge >= 0.3 is 20.8 Å². The summed E-state index contributed by atoms with van der Waals surface area (Å²) in [7, 11) is -9.09. The molecule has 4 aliphatic carbocycles. The van der Waals surface area contributed by atoms with Gasteiger partial charge in [-0.3, -0.25) is 9.11 Å². The molecule has 0 amide bonds. The Kier molecular flexibility index (Phi) is 9.34. The monoisotopic (exact) mass is 592 g/mol. The Morgan fingerprint density at radius 3 is 2.23 bits per heavy atom. The quantitative estimate of drug-likeness (QED) is 0.229. The van der Waals surface area contributed by atoms with Crippen molar-refractivity contribution < 1.29 is 39.4 Å². The SMILES string of the molecule is CCC[C@H](/C=C/[C@@H](C)[C@H]1CCC2C3C(OS(=O)(=O)O)C[C@H]4C[C@@H](O)CC[C@]4(C)C3CC[C@@]21C)COS(=O)(=O)O. The smallest absolute Gasteiger partial charge is 0.393 e. The number of fused-ring (bicyclic) bond motifs is 5. The standard InChI is InChI=1S/C28H48O9S2/c1-5-6-19(17-36-38(30,31)32)8-7-18(2)22-9-10-23-26-24(12-14-28(22,23)4)27(3)13-11-21(29)15-20(27)16-25(26)37-39(33,34)35/h7-8,18-26,29H,5-6,9-17H2,1-4H3,(H,30,31,32)(H,33,34,35)/b8-7+/t18-,19-,20-,21+,22-,23?,24?,25?,26?,27+,28-/m1/s1. The Morgan fingerprint density at radius 1 is 0.923 bits per heavy atom. The van der Waals surface area contributed by atoms with E-state index in [1.165, 1.54) is 0 Å². The van der Waals surface area contributed by atoms with E-state index in [4.69, 9.17) is 8.74 Å². The van der Waals surface area contributed by atoms with Crippen LogP contribution in [-0.4, -0.2) is 49.9 Å². The van der Waals surface area contributed by atoms with Gasteiger partial charge in [0.25, 0.3) is 0 Å². The predicted molar refractivity (Wildman–Crippen MR) is 147 cm³/mol. The lowest BCUT2D eigenvalue weighted by atomic mass is 9.43. The Balaban J connectivity index is 1.56. The zero-order chi connectivity index (χ0) is 28.8. The molecule has 0 radical (unpaired) electrons. The fourth-order valence-corrected chi connectivity index (χ4v) is 10.4. The predicted octanol–water partition coefficient (Wildman–Crippen LogP) is 5.23. The lowest BCUT2D eigenvalue weighted by molar-refractivity contribution is -0.167. The molecular weight excluding hydrogens is 544 g/mol. The first-order valence-corrected chi connectivity index (χ1v) is 17.4. The Hall–Kier alpha value is -0.560. The van der Waals surface area contributed by atoms with E-state index in [0.29, 0.717) is 18.8 Å². The van der Waals surface area contributed by atoms with Gasteiger partial charge in [-0.05, 0) is 104 Å². The molecule has 0 spiro atoms. The highest BCUT2D eigenvalue weighted by molar-refractivity contribution is 7.81. The summed E-state index contributed by atoms with van der Waals surface area (Å²) < 4.78 is 74.8. The molecule has 0 aromatic carbocycles. The molecule has 11 heteroatoms. The van der Waals surface area contributed by atoms with E-state index in [2.05, 4.69) is 31.0 Å². The minimum Gasteiger partial charge on any atom is -0.393 e. The average Bonchev–Trinajstić information content (AvgIpc) is 3.17. The molecule has 39 heavy (non-hydrogen) atoms. The van der Waals surface area contributed by atoms with E-state index in [9.17, 15) is 26.5 Å². The minimum absolute atomic E-state index is 0.0195. The molecule has 0 aromatic heterocycles. The van der Waals surface area contributed by atoms with Crippen LogP contribution in [0, 0.1) is 52.3 Å². The molecule has 9 nitrogen and oxygen atoms in total. The molecular formula is C28H48O9S2. The summed E-state index contributed by atoms with van der Waals surface area (Å²) in [4.78, 5) is 0. The summed E-state index contributed by atoms with van der Waals surface area (Å²) in [6, 6.07) is 0. The molecule has 0 saturated heterocycles. The molecule has 4 saturated carbocycles. The van der Waals surface area contributed by atoms with E-state index in [-0.39, 0.29) is 59.0 Å². The summed E-state index contributed by atoms with van der Waals surface area (Å²) in [5, 5.41) is 10.4. The summed E-state index contributed by atoms with van der Waals surface area (Å²) in [6.07, 6.45) is 11.7. The van der Waals surface area contributed by atoms with Gasteiger partial charge in [0.2, 0.25) is 0 Å². The molecule has 226 valence electrons. The normalized spacial score (nSPS) is 42.5. The molecule has 0 aromatic rings. The van der Waals surface area contributed by atoms with E-state index >= 15 is 0 Å². The van der Waals surface area contributed by atoms with Crippen LogP contribution in [0.4, 0.5) is 0 Å². The van der Waals surface area contributed by atoms with Gasteiger partial charge in [0.1, 0.15) is 0 Å². The molecule has 11 atom stereocenters. The van der Waals surface area contributed by atoms with Gasteiger partial charge < -0.3 is 5.11 Å². The second-order valence-electron chi connectivity index (χ2n) is 13.5. The molecule has 3 N–H and O–H groups in total. The third-order valence-electron chi connectivity index (χ3n) is 11.4. The zero-order valence-electron chi connectivity index (χ0n) is 23.7. The first-order chi connectivity index (χ1) is 18.1. The number of aliphatic hydroxyl groups excluding tert-OH is 1. The Morgan fingerprint density at radius 2 is 1.59 bits per heavy atom. The largest absolute Gasteiger partial charge is 0.397 e. The molecule has 4 aliphatic rings. The fraction of sp³-hybridized carbons (Fsp3) is 0.929. The summed E-state index contributed by atoms with van der Waals surface area (Å²) >= 11 is 0. The summed E-state index contributed by atoms with van der Waals surface area (Å²) in [5.74, 6) is 1.21. The van der Waals surface area contributed by atoms with Crippen LogP contribution in [0.15, 0.2) is 12.2 Å². The Bertz CT molecular complexity index is 1110. The van der Waals surface area contributed by atoms with Crippen LogP contribution in [0.3, 0.4) is 0 Å². The topological polar surface area (TPSA) is 147 Å². The van der Waals surface area contributed by atoms with Crippen molar-refractivity contribution in [3.05, 3.63) is 12.2 Å².